The highest BCUT2D eigenvalue weighted by atomic mass is 16.2. The van der Waals surface area contributed by atoms with Crippen molar-refractivity contribution in [2.75, 3.05) is 0 Å². The molecule has 2 fully saturated rings. The van der Waals surface area contributed by atoms with Crippen molar-refractivity contribution in [2.24, 2.45) is 5.73 Å². The molecule has 1 heterocycles. The van der Waals surface area contributed by atoms with Crippen LogP contribution in [0.4, 0.5) is 0 Å². The van der Waals surface area contributed by atoms with E-state index in [2.05, 4.69) is 4.98 Å². The van der Waals surface area contributed by atoms with Gasteiger partial charge < -0.3 is 10.6 Å². The number of carbonyl (C=O) groups is 1. The van der Waals surface area contributed by atoms with E-state index in [1.807, 2.05) is 23.2 Å². The summed E-state index contributed by atoms with van der Waals surface area (Å²) in [5.41, 5.74) is 7.07. The molecule has 0 bridgehead atoms. The van der Waals surface area contributed by atoms with E-state index >= 15 is 0 Å². The van der Waals surface area contributed by atoms with E-state index in [-0.39, 0.29) is 11.4 Å². The molecule has 0 radical (unpaired) electrons. The molecule has 0 spiro atoms. The average molecular weight is 259 g/mol. The van der Waals surface area contributed by atoms with Crippen LogP contribution in [0.25, 0.3) is 0 Å². The van der Waals surface area contributed by atoms with Gasteiger partial charge in [-0.1, -0.05) is 6.07 Å². The van der Waals surface area contributed by atoms with Crippen LogP contribution in [0.15, 0.2) is 24.5 Å². The van der Waals surface area contributed by atoms with Gasteiger partial charge in [-0.2, -0.15) is 0 Å². The molecule has 0 saturated heterocycles. The molecule has 2 aliphatic rings. The van der Waals surface area contributed by atoms with Crippen LogP contribution < -0.4 is 5.73 Å². The zero-order chi connectivity index (χ0) is 13.3. The standard InChI is InChI=1S/C15H21N3O/c16-15(6-2-7-15)9-14(19)18(13-4-5-13)11-12-3-1-8-17-10-12/h1,3,8,10,13H,2,4-7,9,11,16H2. The first-order valence-corrected chi connectivity index (χ1v) is 7.14. The Hall–Kier alpha value is -1.42. The second-order valence-corrected chi connectivity index (χ2v) is 6.01. The van der Waals surface area contributed by atoms with E-state index in [4.69, 9.17) is 5.73 Å². The summed E-state index contributed by atoms with van der Waals surface area (Å²) in [7, 11) is 0. The van der Waals surface area contributed by atoms with Crippen molar-refractivity contribution in [1.82, 2.24) is 9.88 Å². The predicted octanol–water partition coefficient (Wildman–Crippen LogP) is 1.84. The molecule has 0 unspecified atom stereocenters. The molecule has 3 rings (SSSR count). The van der Waals surface area contributed by atoms with Gasteiger partial charge in [0.25, 0.3) is 0 Å². The summed E-state index contributed by atoms with van der Waals surface area (Å²) in [5, 5.41) is 0. The first kappa shape index (κ1) is 12.6. The monoisotopic (exact) mass is 259 g/mol. The van der Waals surface area contributed by atoms with E-state index < -0.39 is 0 Å². The molecule has 19 heavy (non-hydrogen) atoms. The normalized spacial score (nSPS) is 20.7. The van der Waals surface area contributed by atoms with Crippen LogP contribution in [0.3, 0.4) is 0 Å². The Morgan fingerprint density at radius 1 is 1.47 bits per heavy atom. The third kappa shape index (κ3) is 2.95. The highest BCUT2D eigenvalue weighted by molar-refractivity contribution is 5.78. The maximum atomic E-state index is 12.5. The molecule has 102 valence electrons. The Morgan fingerprint density at radius 2 is 2.26 bits per heavy atom. The van der Waals surface area contributed by atoms with Crippen LogP contribution in [0, 0.1) is 0 Å². The van der Waals surface area contributed by atoms with Crippen molar-refractivity contribution < 1.29 is 4.79 Å². The van der Waals surface area contributed by atoms with Crippen molar-refractivity contribution in [1.29, 1.82) is 0 Å². The molecule has 1 aromatic rings. The predicted molar refractivity (Wildman–Crippen MR) is 73.2 cm³/mol. The first-order chi connectivity index (χ1) is 9.16. The molecular weight excluding hydrogens is 238 g/mol. The Morgan fingerprint density at radius 3 is 2.79 bits per heavy atom. The zero-order valence-corrected chi connectivity index (χ0v) is 11.2. The fourth-order valence-electron chi connectivity index (χ4n) is 2.71. The minimum atomic E-state index is -0.223. The van der Waals surface area contributed by atoms with E-state index in [1.54, 1.807) is 6.20 Å². The second kappa shape index (κ2) is 4.93. The molecule has 0 atom stereocenters. The van der Waals surface area contributed by atoms with Gasteiger partial charge in [-0.25, -0.2) is 0 Å². The summed E-state index contributed by atoms with van der Waals surface area (Å²) in [6, 6.07) is 4.37. The van der Waals surface area contributed by atoms with Gasteiger partial charge in [0.05, 0.1) is 0 Å². The van der Waals surface area contributed by atoms with E-state index in [9.17, 15) is 4.79 Å². The summed E-state index contributed by atoms with van der Waals surface area (Å²) in [6.07, 6.45) is 9.50. The summed E-state index contributed by atoms with van der Waals surface area (Å²) >= 11 is 0. The van der Waals surface area contributed by atoms with Crippen LogP contribution in [0.5, 0.6) is 0 Å². The molecule has 2 saturated carbocycles. The quantitative estimate of drug-likeness (QED) is 0.877. The zero-order valence-electron chi connectivity index (χ0n) is 11.2. The highest BCUT2D eigenvalue weighted by Gasteiger charge is 2.39. The van der Waals surface area contributed by atoms with Gasteiger partial charge in [-0.3, -0.25) is 9.78 Å². The van der Waals surface area contributed by atoms with Gasteiger partial charge in [0.2, 0.25) is 5.91 Å². The number of rotatable bonds is 5. The molecule has 2 N–H and O–H groups in total. The van der Waals surface area contributed by atoms with Crippen LogP contribution in [0.1, 0.15) is 44.1 Å². The fraction of sp³-hybridized carbons (Fsp3) is 0.600. The van der Waals surface area contributed by atoms with Gasteiger partial charge in [0.1, 0.15) is 0 Å². The van der Waals surface area contributed by atoms with E-state index in [0.717, 1.165) is 37.7 Å². The van der Waals surface area contributed by atoms with Crippen molar-refractivity contribution in [3.05, 3.63) is 30.1 Å². The van der Waals surface area contributed by atoms with Crippen LogP contribution in [0.2, 0.25) is 0 Å². The molecule has 0 aliphatic heterocycles. The number of hydrogen-bond acceptors (Lipinski definition) is 3. The van der Waals surface area contributed by atoms with Crippen LogP contribution >= 0.6 is 0 Å². The molecule has 4 heteroatoms. The molecule has 1 amide bonds. The lowest BCUT2D eigenvalue weighted by Gasteiger charge is -2.39. The minimum absolute atomic E-state index is 0.216. The number of amides is 1. The van der Waals surface area contributed by atoms with Gasteiger partial charge in [-0.05, 0) is 43.7 Å². The summed E-state index contributed by atoms with van der Waals surface area (Å²) in [6.45, 7) is 0.674. The maximum absolute atomic E-state index is 12.5. The smallest absolute Gasteiger partial charge is 0.224 e. The molecular formula is C15H21N3O. The largest absolute Gasteiger partial charge is 0.335 e. The second-order valence-electron chi connectivity index (χ2n) is 6.01. The Bertz CT molecular complexity index is 452. The lowest BCUT2D eigenvalue weighted by Crippen LogP contribution is -2.50. The number of hydrogen-bond donors (Lipinski definition) is 1. The Labute approximate surface area is 114 Å². The van der Waals surface area contributed by atoms with Gasteiger partial charge >= 0.3 is 0 Å². The molecule has 4 nitrogen and oxygen atoms in total. The maximum Gasteiger partial charge on any atom is 0.224 e. The number of aromatic nitrogens is 1. The van der Waals surface area contributed by atoms with E-state index in [1.165, 1.54) is 0 Å². The van der Waals surface area contributed by atoms with Crippen LogP contribution in [-0.2, 0) is 11.3 Å². The highest BCUT2D eigenvalue weighted by Crippen LogP contribution is 2.35. The molecule has 1 aromatic heterocycles. The molecule has 0 aromatic carbocycles. The van der Waals surface area contributed by atoms with Gasteiger partial charge in [0, 0.05) is 36.9 Å². The van der Waals surface area contributed by atoms with E-state index in [0.29, 0.717) is 19.0 Å². The third-order valence-corrected chi connectivity index (χ3v) is 4.24. The lowest BCUT2D eigenvalue weighted by molar-refractivity contribution is -0.134. The molecule has 2 aliphatic carbocycles. The lowest BCUT2D eigenvalue weighted by atomic mass is 9.75. The Balaban J connectivity index is 1.65. The van der Waals surface area contributed by atoms with Gasteiger partial charge in [0.15, 0.2) is 0 Å². The first-order valence-electron chi connectivity index (χ1n) is 7.14. The van der Waals surface area contributed by atoms with Crippen molar-refractivity contribution in [3.63, 3.8) is 0 Å². The minimum Gasteiger partial charge on any atom is -0.335 e. The fourth-order valence-corrected chi connectivity index (χ4v) is 2.71. The van der Waals surface area contributed by atoms with Crippen molar-refractivity contribution in [2.45, 2.75) is 56.7 Å². The summed E-state index contributed by atoms with van der Waals surface area (Å²) in [4.78, 5) is 18.6. The number of carbonyl (C=O) groups excluding carboxylic acids is 1. The van der Waals surface area contributed by atoms with Crippen LogP contribution in [-0.4, -0.2) is 27.4 Å². The van der Waals surface area contributed by atoms with Gasteiger partial charge in [-0.15, -0.1) is 0 Å². The summed E-state index contributed by atoms with van der Waals surface area (Å²) in [5.74, 6) is 0.216. The van der Waals surface area contributed by atoms with Crippen molar-refractivity contribution in [3.8, 4) is 0 Å². The average Bonchev–Trinajstić information content (AvgIpc) is 3.19. The number of nitrogens with zero attached hydrogens (tertiary/aromatic N) is 2. The van der Waals surface area contributed by atoms with Crippen molar-refractivity contribution >= 4 is 5.91 Å². The number of pyridine rings is 1. The SMILES string of the molecule is NC1(CC(=O)N(Cc2cccnc2)C2CC2)CCC1. The number of nitrogens with two attached hydrogens (primary N) is 1. The summed E-state index contributed by atoms with van der Waals surface area (Å²) < 4.78 is 0. The third-order valence-electron chi connectivity index (χ3n) is 4.24. The Kier molecular flexibility index (Phi) is 3.27. The topological polar surface area (TPSA) is 59.2 Å².